The van der Waals surface area contributed by atoms with Gasteiger partial charge in [0.15, 0.2) is 0 Å². The van der Waals surface area contributed by atoms with Crippen LogP contribution in [0.1, 0.15) is 5.56 Å². The van der Waals surface area contributed by atoms with E-state index in [9.17, 15) is 0 Å². The number of benzene rings is 1. The summed E-state index contributed by atoms with van der Waals surface area (Å²) in [4.78, 5) is 8.09. The predicted molar refractivity (Wildman–Crippen MR) is 60.1 cm³/mol. The third-order valence-corrected chi connectivity index (χ3v) is 2.55. The highest BCUT2D eigenvalue weighted by Gasteiger charge is 2.02. The minimum Gasteiger partial charge on any atom is -0.384 e. The summed E-state index contributed by atoms with van der Waals surface area (Å²) in [7, 11) is 1.69. The number of aromatic nitrogens is 2. The van der Waals surface area contributed by atoms with Crippen LogP contribution in [-0.4, -0.2) is 23.7 Å². The maximum absolute atomic E-state index is 5.98. The largest absolute Gasteiger partial charge is 0.384 e. The molecule has 0 spiro atoms. The van der Waals surface area contributed by atoms with Crippen molar-refractivity contribution in [3.05, 3.63) is 35.2 Å². The van der Waals surface area contributed by atoms with E-state index in [1.165, 1.54) is 11.9 Å². The molecule has 1 aromatic carbocycles. The fourth-order valence-electron chi connectivity index (χ4n) is 1.45. The van der Waals surface area contributed by atoms with Crippen molar-refractivity contribution in [2.24, 2.45) is 0 Å². The van der Waals surface area contributed by atoms with E-state index in [1.807, 2.05) is 18.2 Å². The van der Waals surface area contributed by atoms with Crippen LogP contribution < -0.4 is 0 Å². The van der Waals surface area contributed by atoms with Crippen molar-refractivity contribution in [3.63, 3.8) is 0 Å². The molecule has 3 nitrogen and oxygen atoms in total. The van der Waals surface area contributed by atoms with Crippen molar-refractivity contribution in [2.75, 3.05) is 13.7 Å². The molecule has 1 aromatic heterocycles. The molecular formula is C11H11ClN2O. The van der Waals surface area contributed by atoms with Gasteiger partial charge in [0.05, 0.1) is 12.1 Å². The highest BCUT2D eigenvalue weighted by Crippen LogP contribution is 2.20. The number of fused-ring (bicyclic) bond motifs is 1. The first-order chi connectivity index (χ1) is 7.31. The third-order valence-electron chi connectivity index (χ3n) is 2.25. The molecule has 0 aliphatic rings. The minimum atomic E-state index is 0.499. The van der Waals surface area contributed by atoms with E-state index in [-0.39, 0.29) is 0 Å². The molecule has 0 saturated heterocycles. The lowest BCUT2D eigenvalue weighted by Crippen LogP contribution is -1.94. The first kappa shape index (κ1) is 10.3. The van der Waals surface area contributed by atoms with Gasteiger partial charge >= 0.3 is 0 Å². The van der Waals surface area contributed by atoms with Crippen LogP contribution in [-0.2, 0) is 11.2 Å². The summed E-state index contributed by atoms with van der Waals surface area (Å²) >= 11 is 5.98. The van der Waals surface area contributed by atoms with Gasteiger partial charge in [-0.25, -0.2) is 9.97 Å². The first-order valence-electron chi connectivity index (χ1n) is 4.69. The van der Waals surface area contributed by atoms with E-state index in [1.54, 1.807) is 7.11 Å². The SMILES string of the molecule is COCCc1ccc2ncnc(Cl)c2c1. The van der Waals surface area contributed by atoms with Crippen molar-refractivity contribution >= 4 is 22.5 Å². The molecule has 2 rings (SSSR count). The highest BCUT2D eigenvalue weighted by molar-refractivity contribution is 6.34. The molecule has 0 aliphatic heterocycles. The van der Waals surface area contributed by atoms with Crippen molar-refractivity contribution in [2.45, 2.75) is 6.42 Å². The van der Waals surface area contributed by atoms with Gasteiger partial charge in [0.2, 0.25) is 0 Å². The van der Waals surface area contributed by atoms with E-state index < -0.39 is 0 Å². The van der Waals surface area contributed by atoms with Gasteiger partial charge in [-0.1, -0.05) is 17.7 Å². The molecule has 0 unspecified atom stereocenters. The summed E-state index contributed by atoms with van der Waals surface area (Å²) in [6.07, 6.45) is 2.34. The Balaban J connectivity index is 2.41. The number of methoxy groups -OCH3 is 1. The average molecular weight is 223 g/mol. The van der Waals surface area contributed by atoms with Gasteiger partial charge in [-0.3, -0.25) is 0 Å². The molecule has 0 saturated carbocycles. The van der Waals surface area contributed by atoms with Crippen LogP contribution in [0.25, 0.3) is 10.9 Å². The fraction of sp³-hybridized carbons (Fsp3) is 0.273. The lowest BCUT2D eigenvalue weighted by molar-refractivity contribution is 0.202. The van der Waals surface area contributed by atoms with E-state index in [0.717, 1.165) is 17.3 Å². The maximum atomic E-state index is 5.98. The van der Waals surface area contributed by atoms with Gasteiger partial charge < -0.3 is 4.74 Å². The summed E-state index contributed by atoms with van der Waals surface area (Å²) in [5, 5.41) is 1.40. The third kappa shape index (κ3) is 2.25. The first-order valence-corrected chi connectivity index (χ1v) is 5.07. The Bertz CT molecular complexity index is 473. The number of halogens is 1. The van der Waals surface area contributed by atoms with Crippen LogP contribution in [0.4, 0.5) is 0 Å². The average Bonchev–Trinajstić information content (AvgIpc) is 2.27. The molecule has 0 N–H and O–H groups in total. The van der Waals surface area contributed by atoms with E-state index >= 15 is 0 Å². The monoisotopic (exact) mass is 222 g/mol. The van der Waals surface area contributed by atoms with Crippen molar-refractivity contribution in [3.8, 4) is 0 Å². The Hall–Kier alpha value is -1.19. The Kier molecular flexibility index (Phi) is 3.14. The summed E-state index contributed by atoms with van der Waals surface area (Å²) in [6, 6.07) is 6.00. The zero-order chi connectivity index (χ0) is 10.7. The van der Waals surface area contributed by atoms with E-state index in [0.29, 0.717) is 11.8 Å². The van der Waals surface area contributed by atoms with Crippen LogP contribution in [0.2, 0.25) is 5.15 Å². The zero-order valence-corrected chi connectivity index (χ0v) is 9.16. The maximum Gasteiger partial charge on any atom is 0.140 e. The lowest BCUT2D eigenvalue weighted by atomic mass is 10.1. The van der Waals surface area contributed by atoms with Crippen molar-refractivity contribution in [1.82, 2.24) is 9.97 Å². The predicted octanol–water partition coefficient (Wildman–Crippen LogP) is 2.47. The molecule has 0 aliphatic carbocycles. The van der Waals surface area contributed by atoms with Gasteiger partial charge in [-0.05, 0) is 24.1 Å². The molecule has 4 heteroatoms. The van der Waals surface area contributed by atoms with Crippen molar-refractivity contribution in [1.29, 1.82) is 0 Å². The number of nitrogens with zero attached hydrogens (tertiary/aromatic N) is 2. The summed E-state index contributed by atoms with van der Waals surface area (Å²) in [6.45, 7) is 0.705. The molecule has 0 atom stereocenters. The summed E-state index contributed by atoms with van der Waals surface area (Å²) in [5.74, 6) is 0. The van der Waals surface area contributed by atoms with E-state index in [4.69, 9.17) is 16.3 Å². The molecule has 0 bridgehead atoms. The van der Waals surface area contributed by atoms with Crippen LogP contribution in [0.3, 0.4) is 0 Å². The van der Waals surface area contributed by atoms with Gasteiger partial charge in [-0.15, -0.1) is 0 Å². The van der Waals surface area contributed by atoms with Gasteiger partial charge in [0.1, 0.15) is 11.5 Å². The zero-order valence-electron chi connectivity index (χ0n) is 8.40. The quantitative estimate of drug-likeness (QED) is 0.749. The molecule has 0 radical (unpaired) electrons. The Morgan fingerprint density at radius 1 is 1.33 bits per heavy atom. The second kappa shape index (κ2) is 4.55. The number of hydrogen-bond donors (Lipinski definition) is 0. The van der Waals surface area contributed by atoms with Crippen LogP contribution in [0.5, 0.6) is 0 Å². The standard InChI is InChI=1S/C11H11ClN2O/c1-15-5-4-8-2-3-10-9(6-8)11(12)14-7-13-10/h2-3,6-7H,4-5H2,1H3. The Labute approximate surface area is 93.1 Å². The molecule has 0 amide bonds. The van der Waals surface area contributed by atoms with Crippen molar-refractivity contribution < 1.29 is 4.74 Å². The van der Waals surface area contributed by atoms with Crippen LogP contribution in [0.15, 0.2) is 24.5 Å². The Morgan fingerprint density at radius 3 is 3.00 bits per heavy atom. The van der Waals surface area contributed by atoms with Crippen LogP contribution >= 0.6 is 11.6 Å². The second-order valence-corrected chi connectivity index (χ2v) is 3.62. The summed E-state index contributed by atoms with van der Waals surface area (Å²) < 4.78 is 5.02. The topological polar surface area (TPSA) is 35.0 Å². The molecule has 1 heterocycles. The Morgan fingerprint density at radius 2 is 2.20 bits per heavy atom. The fourth-order valence-corrected chi connectivity index (χ4v) is 1.64. The molecule has 2 aromatic rings. The molecular weight excluding hydrogens is 212 g/mol. The second-order valence-electron chi connectivity index (χ2n) is 3.26. The number of ether oxygens (including phenoxy) is 1. The number of hydrogen-bond acceptors (Lipinski definition) is 3. The number of rotatable bonds is 3. The lowest BCUT2D eigenvalue weighted by Gasteiger charge is -2.03. The van der Waals surface area contributed by atoms with Gasteiger partial charge in [0.25, 0.3) is 0 Å². The normalized spacial score (nSPS) is 10.8. The molecule has 0 fully saturated rings. The van der Waals surface area contributed by atoms with E-state index in [2.05, 4.69) is 9.97 Å². The molecule has 15 heavy (non-hydrogen) atoms. The highest BCUT2D eigenvalue weighted by atomic mass is 35.5. The molecule has 78 valence electrons. The summed E-state index contributed by atoms with van der Waals surface area (Å²) in [5.41, 5.74) is 2.05. The smallest absolute Gasteiger partial charge is 0.140 e. The van der Waals surface area contributed by atoms with Gasteiger partial charge in [0, 0.05) is 12.5 Å². The van der Waals surface area contributed by atoms with Gasteiger partial charge in [-0.2, -0.15) is 0 Å². The minimum absolute atomic E-state index is 0.499. The van der Waals surface area contributed by atoms with Crippen LogP contribution in [0, 0.1) is 0 Å².